The van der Waals surface area contributed by atoms with Crippen LogP contribution in [-0.2, 0) is 17.4 Å². The van der Waals surface area contributed by atoms with Crippen LogP contribution >= 0.6 is 11.8 Å². The standard InChI is InChI=1S/C16H14F3NOS/c1-22-14-7-3-6-13(10-14)20-15(21)9-11-4-2-5-12(8-11)16(17,18)19/h2-8,10H,9H2,1H3,(H,20,21). The van der Waals surface area contributed by atoms with Gasteiger partial charge in [-0.25, -0.2) is 0 Å². The van der Waals surface area contributed by atoms with Gasteiger partial charge < -0.3 is 5.32 Å². The summed E-state index contributed by atoms with van der Waals surface area (Å²) < 4.78 is 37.9. The zero-order valence-electron chi connectivity index (χ0n) is 11.8. The second kappa shape index (κ2) is 6.87. The van der Waals surface area contributed by atoms with Crippen molar-refractivity contribution >= 4 is 23.4 Å². The summed E-state index contributed by atoms with van der Waals surface area (Å²) in [5.74, 6) is -0.349. The van der Waals surface area contributed by atoms with E-state index >= 15 is 0 Å². The zero-order valence-corrected chi connectivity index (χ0v) is 12.6. The number of carbonyl (C=O) groups is 1. The highest BCUT2D eigenvalue weighted by atomic mass is 32.2. The molecule has 0 radical (unpaired) electrons. The fourth-order valence-corrected chi connectivity index (χ4v) is 2.41. The number of anilines is 1. The second-order valence-electron chi connectivity index (χ2n) is 4.66. The van der Waals surface area contributed by atoms with Crippen LogP contribution in [0.1, 0.15) is 11.1 Å². The predicted molar refractivity (Wildman–Crippen MR) is 82.0 cm³/mol. The Hall–Kier alpha value is -1.95. The third-order valence-electron chi connectivity index (χ3n) is 2.97. The van der Waals surface area contributed by atoms with E-state index in [1.807, 2.05) is 24.5 Å². The van der Waals surface area contributed by atoms with Gasteiger partial charge in [0.1, 0.15) is 0 Å². The molecular formula is C16H14F3NOS. The minimum Gasteiger partial charge on any atom is -0.326 e. The Morgan fingerprint density at radius 2 is 1.86 bits per heavy atom. The fourth-order valence-electron chi connectivity index (χ4n) is 1.95. The van der Waals surface area contributed by atoms with Crippen molar-refractivity contribution < 1.29 is 18.0 Å². The minimum atomic E-state index is -4.40. The van der Waals surface area contributed by atoms with Gasteiger partial charge in [0, 0.05) is 10.6 Å². The molecule has 0 aliphatic carbocycles. The van der Waals surface area contributed by atoms with Crippen molar-refractivity contribution in [3.8, 4) is 0 Å². The van der Waals surface area contributed by atoms with Crippen molar-refractivity contribution in [2.24, 2.45) is 0 Å². The molecule has 2 rings (SSSR count). The van der Waals surface area contributed by atoms with E-state index in [0.717, 1.165) is 17.0 Å². The second-order valence-corrected chi connectivity index (χ2v) is 5.53. The average Bonchev–Trinajstić information content (AvgIpc) is 2.46. The number of hydrogen-bond acceptors (Lipinski definition) is 2. The molecule has 2 aromatic rings. The lowest BCUT2D eigenvalue weighted by atomic mass is 10.1. The van der Waals surface area contributed by atoms with E-state index in [0.29, 0.717) is 11.3 Å². The third-order valence-corrected chi connectivity index (χ3v) is 3.70. The van der Waals surface area contributed by atoms with Gasteiger partial charge in [-0.1, -0.05) is 24.3 Å². The molecule has 0 aromatic heterocycles. The van der Waals surface area contributed by atoms with E-state index in [9.17, 15) is 18.0 Å². The topological polar surface area (TPSA) is 29.1 Å². The molecule has 6 heteroatoms. The molecule has 2 aromatic carbocycles. The first kappa shape index (κ1) is 16.4. The van der Waals surface area contributed by atoms with Gasteiger partial charge in [0.25, 0.3) is 0 Å². The summed E-state index contributed by atoms with van der Waals surface area (Å²) >= 11 is 1.54. The van der Waals surface area contributed by atoms with Gasteiger partial charge in [0.2, 0.25) is 5.91 Å². The molecule has 0 saturated heterocycles. The Morgan fingerprint density at radius 1 is 1.14 bits per heavy atom. The molecule has 0 atom stereocenters. The summed E-state index contributed by atoms with van der Waals surface area (Å²) in [6.07, 6.45) is -2.59. The Labute approximate surface area is 130 Å². The van der Waals surface area contributed by atoms with E-state index in [-0.39, 0.29) is 12.3 Å². The van der Waals surface area contributed by atoms with Gasteiger partial charge in [-0.15, -0.1) is 11.8 Å². The number of benzene rings is 2. The molecule has 0 aliphatic heterocycles. The number of alkyl halides is 3. The first-order valence-electron chi connectivity index (χ1n) is 6.48. The molecule has 116 valence electrons. The summed E-state index contributed by atoms with van der Waals surface area (Å²) in [7, 11) is 0. The highest BCUT2D eigenvalue weighted by Crippen LogP contribution is 2.29. The summed E-state index contributed by atoms with van der Waals surface area (Å²) in [5, 5.41) is 2.69. The maximum absolute atomic E-state index is 12.6. The predicted octanol–water partition coefficient (Wildman–Crippen LogP) is 4.61. The quantitative estimate of drug-likeness (QED) is 0.832. The first-order valence-corrected chi connectivity index (χ1v) is 7.71. The van der Waals surface area contributed by atoms with Crippen LogP contribution in [0.3, 0.4) is 0 Å². The summed E-state index contributed by atoms with van der Waals surface area (Å²) in [6.45, 7) is 0. The van der Waals surface area contributed by atoms with Crippen LogP contribution in [0.4, 0.5) is 18.9 Å². The number of hydrogen-bond donors (Lipinski definition) is 1. The summed E-state index contributed by atoms with van der Waals surface area (Å²) in [6, 6.07) is 12.1. The van der Waals surface area contributed by atoms with E-state index in [1.165, 1.54) is 12.1 Å². The Balaban J connectivity index is 2.06. The van der Waals surface area contributed by atoms with Gasteiger partial charge in [0.05, 0.1) is 12.0 Å². The molecule has 2 nitrogen and oxygen atoms in total. The van der Waals surface area contributed by atoms with Crippen molar-refractivity contribution in [1.29, 1.82) is 0 Å². The maximum atomic E-state index is 12.6. The monoisotopic (exact) mass is 325 g/mol. The lowest BCUT2D eigenvalue weighted by Gasteiger charge is -2.09. The molecular weight excluding hydrogens is 311 g/mol. The number of carbonyl (C=O) groups excluding carboxylic acids is 1. The molecule has 0 bridgehead atoms. The van der Waals surface area contributed by atoms with Gasteiger partial charge in [0.15, 0.2) is 0 Å². The van der Waals surface area contributed by atoms with Crippen LogP contribution in [0.5, 0.6) is 0 Å². The van der Waals surface area contributed by atoms with Crippen LogP contribution in [0.15, 0.2) is 53.4 Å². The number of amides is 1. The molecule has 0 aliphatic rings. The molecule has 1 amide bonds. The van der Waals surface area contributed by atoms with Crippen LogP contribution in [0.25, 0.3) is 0 Å². The minimum absolute atomic E-state index is 0.104. The first-order chi connectivity index (χ1) is 10.4. The van der Waals surface area contributed by atoms with Gasteiger partial charge >= 0.3 is 6.18 Å². The molecule has 0 fully saturated rings. The molecule has 22 heavy (non-hydrogen) atoms. The number of thioether (sulfide) groups is 1. The van der Waals surface area contributed by atoms with E-state index in [2.05, 4.69) is 5.32 Å². The van der Waals surface area contributed by atoms with Gasteiger partial charge in [-0.05, 0) is 36.1 Å². The number of halogens is 3. The Kier molecular flexibility index (Phi) is 5.13. The normalized spacial score (nSPS) is 11.3. The Morgan fingerprint density at radius 3 is 2.55 bits per heavy atom. The lowest BCUT2D eigenvalue weighted by Crippen LogP contribution is -2.15. The van der Waals surface area contributed by atoms with E-state index in [4.69, 9.17) is 0 Å². The Bertz CT molecular complexity index is 670. The van der Waals surface area contributed by atoms with Crippen molar-refractivity contribution in [1.82, 2.24) is 0 Å². The number of nitrogens with one attached hydrogen (secondary N) is 1. The zero-order chi connectivity index (χ0) is 16.2. The largest absolute Gasteiger partial charge is 0.416 e. The van der Waals surface area contributed by atoms with Gasteiger partial charge in [-0.3, -0.25) is 4.79 Å². The van der Waals surface area contributed by atoms with E-state index in [1.54, 1.807) is 17.8 Å². The highest BCUT2D eigenvalue weighted by molar-refractivity contribution is 7.98. The van der Waals surface area contributed by atoms with Crippen molar-refractivity contribution in [2.75, 3.05) is 11.6 Å². The van der Waals surface area contributed by atoms with Crippen LogP contribution in [0, 0.1) is 0 Å². The van der Waals surface area contributed by atoms with Crippen molar-refractivity contribution in [2.45, 2.75) is 17.5 Å². The maximum Gasteiger partial charge on any atom is 0.416 e. The van der Waals surface area contributed by atoms with Crippen LogP contribution in [-0.4, -0.2) is 12.2 Å². The summed E-state index contributed by atoms with van der Waals surface area (Å²) in [5.41, 5.74) is 0.208. The summed E-state index contributed by atoms with van der Waals surface area (Å²) in [4.78, 5) is 12.9. The van der Waals surface area contributed by atoms with Crippen molar-refractivity contribution in [3.63, 3.8) is 0 Å². The molecule has 0 saturated carbocycles. The van der Waals surface area contributed by atoms with Crippen molar-refractivity contribution in [3.05, 3.63) is 59.7 Å². The molecule has 0 spiro atoms. The molecule has 0 heterocycles. The highest BCUT2D eigenvalue weighted by Gasteiger charge is 2.30. The van der Waals surface area contributed by atoms with Crippen LogP contribution in [0.2, 0.25) is 0 Å². The van der Waals surface area contributed by atoms with Crippen LogP contribution < -0.4 is 5.32 Å². The average molecular weight is 325 g/mol. The van der Waals surface area contributed by atoms with Gasteiger partial charge in [-0.2, -0.15) is 13.2 Å². The lowest BCUT2D eigenvalue weighted by molar-refractivity contribution is -0.137. The molecule has 1 N–H and O–H groups in total. The fraction of sp³-hybridized carbons (Fsp3) is 0.188. The third kappa shape index (κ3) is 4.53. The smallest absolute Gasteiger partial charge is 0.326 e. The van der Waals surface area contributed by atoms with E-state index < -0.39 is 11.7 Å². The number of rotatable bonds is 4. The SMILES string of the molecule is CSc1cccc(NC(=O)Cc2cccc(C(F)(F)F)c2)c1. The molecule has 0 unspecified atom stereocenters.